The monoisotopic (exact) mass is 393 g/mol. The Morgan fingerprint density at radius 2 is 1.56 bits per heavy atom. The average molecular weight is 394 g/mol. The number of hydrogen-bond donors (Lipinski definition) is 1. The molecule has 0 atom stereocenters. The Balaban J connectivity index is 2.05. The fourth-order valence-corrected chi connectivity index (χ4v) is 2.55. The highest BCUT2D eigenvalue weighted by Crippen LogP contribution is 2.30. The van der Waals surface area contributed by atoms with Gasteiger partial charge in [0.25, 0.3) is 5.91 Å². The third-order valence-corrected chi connectivity index (χ3v) is 3.99. The van der Waals surface area contributed by atoms with Gasteiger partial charge in [-0.2, -0.15) is 0 Å². The maximum absolute atomic E-state index is 12.3. The number of nitrogens with one attached hydrogen (secondary N) is 1. The van der Waals surface area contributed by atoms with E-state index in [-0.39, 0.29) is 5.56 Å². The van der Waals surface area contributed by atoms with Crippen LogP contribution in [0.25, 0.3) is 0 Å². The maximum atomic E-state index is 12.3. The van der Waals surface area contributed by atoms with Crippen LogP contribution in [-0.4, -0.2) is 39.8 Å². The zero-order valence-corrected chi connectivity index (χ0v) is 16.2. The average Bonchev–Trinajstić information content (AvgIpc) is 2.66. The van der Waals surface area contributed by atoms with Crippen LogP contribution >= 0.6 is 11.6 Å². The Hall–Kier alpha value is -2.93. The fourth-order valence-electron chi connectivity index (χ4n) is 2.38. The van der Waals surface area contributed by atoms with Crippen molar-refractivity contribution in [2.45, 2.75) is 6.92 Å². The first kappa shape index (κ1) is 20.4. The lowest BCUT2D eigenvalue weighted by molar-refractivity contribution is -0.119. The summed E-state index contributed by atoms with van der Waals surface area (Å²) >= 11 is 5.92. The molecular formula is C19H20ClNO6. The highest BCUT2D eigenvalue weighted by molar-refractivity contribution is 6.31. The van der Waals surface area contributed by atoms with E-state index in [1.807, 2.05) is 0 Å². The molecule has 1 N–H and O–H groups in total. The highest BCUT2D eigenvalue weighted by Gasteiger charge is 2.16. The van der Waals surface area contributed by atoms with Crippen LogP contribution < -0.4 is 19.5 Å². The van der Waals surface area contributed by atoms with Crippen LogP contribution in [-0.2, 0) is 9.53 Å². The number of amides is 1. The molecule has 0 radical (unpaired) electrons. The number of carbonyl (C=O) groups is 2. The second-order valence-corrected chi connectivity index (χ2v) is 5.91. The van der Waals surface area contributed by atoms with Crippen LogP contribution in [0.1, 0.15) is 15.9 Å². The van der Waals surface area contributed by atoms with Crippen molar-refractivity contribution in [1.29, 1.82) is 0 Å². The van der Waals surface area contributed by atoms with Gasteiger partial charge in [0.2, 0.25) is 0 Å². The number of esters is 1. The molecule has 8 heteroatoms. The molecule has 2 rings (SSSR count). The molecular weight excluding hydrogens is 374 g/mol. The van der Waals surface area contributed by atoms with Gasteiger partial charge >= 0.3 is 5.97 Å². The number of ether oxygens (including phenoxy) is 4. The van der Waals surface area contributed by atoms with Crippen LogP contribution in [0, 0.1) is 6.92 Å². The van der Waals surface area contributed by atoms with E-state index in [0.717, 1.165) is 5.56 Å². The van der Waals surface area contributed by atoms with Gasteiger partial charge in [-0.05, 0) is 37.3 Å². The van der Waals surface area contributed by atoms with Gasteiger partial charge in [-0.1, -0.05) is 11.6 Å². The predicted octanol–water partition coefficient (Wildman–Crippen LogP) is 3.47. The lowest BCUT2D eigenvalue weighted by Crippen LogP contribution is -2.21. The zero-order valence-electron chi connectivity index (χ0n) is 15.4. The Labute approximate surface area is 162 Å². The van der Waals surface area contributed by atoms with Crippen molar-refractivity contribution in [3.63, 3.8) is 0 Å². The molecule has 0 aliphatic heterocycles. The molecule has 0 saturated heterocycles. The van der Waals surface area contributed by atoms with E-state index < -0.39 is 18.5 Å². The van der Waals surface area contributed by atoms with Crippen LogP contribution in [0.4, 0.5) is 5.69 Å². The van der Waals surface area contributed by atoms with Crippen molar-refractivity contribution in [3.05, 3.63) is 46.5 Å². The van der Waals surface area contributed by atoms with Crippen molar-refractivity contribution in [3.8, 4) is 17.2 Å². The van der Waals surface area contributed by atoms with Crippen molar-refractivity contribution in [2.24, 2.45) is 0 Å². The van der Waals surface area contributed by atoms with Gasteiger partial charge in [-0.25, -0.2) is 4.79 Å². The van der Waals surface area contributed by atoms with Crippen molar-refractivity contribution < 1.29 is 28.5 Å². The van der Waals surface area contributed by atoms with E-state index in [0.29, 0.717) is 28.0 Å². The number of hydrogen-bond acceptors (Lipinski definition) is 6. The third-order valence-electron chi connectivity index (χ3n) is 3.76. The number of rotatable bonds is 7. The summed E-state index contributed by atoms with van der Waals surface area (Å²) in [5, 5.41) is 3.02. The largest absolute Gasteiger partial charge is 0.496 e. The summed E-state index contributed by atoms with van der Waals surface area (Å²) in [5.41, 5.74) is 1.34. The van der Waals surface area contributed by atoms with E-state index in [9.17, 15) is 9.59 Å². The normalized spacial score (nSPS) is 10.1. The number of carbonyl (C=O) groups excluding carboxylic acids is 2. The SMILES string of the molecule is COc1ccc(Cl)cc1NC(=O)COC(=O)c1cc(OC)c(C)c(OC)c1. The predicted molar refractivity (Wildman–Crippen MR) is 101 cm³/mol. The van der Waals surface area contributed by atoms with Crippen LogP contribution in [0.15, 0.2) is 30.3 Å². The number of benzene rings is 2. The van der Waals surface area contributed by atoms with Gasteiger partial charge in [0.1, 0.15) is 17.2 Å². The number of methoxy groups -OCH3 is 3. The molecule has 0 saturated carbocycles. The summed E-state index contributed by atoms with van der Waals surface area (Å²) < 4.78 is 20.7. The lowest BCUT2D eigenvalue weighted by atomic mass is 10.1. The first-order valence-electron chi connectivity index (χ1n) is 7.92. The van der Waals surface area contributed by atoms with Gasteiger partial charge in [-0.15, -0.1) is 0 Å². The molecule has 0 spiro atoms. The zero-order chi connectivity index (χ0) is 20.0. The fraction of sp³-hybridized carbons (Fsp3) is 0.263. The molecule has 2 aromatic carbocycles. The molecule has 0 aliphatic rings. The van der Waals surface area contributed by atoms with Gasteiger partial charge in [-0.3, -0.25) is 4.79 Å². The minimum Gasteiger partial charge on any atom is -0.496 e. The molecule has 0 aromatic heterocycles. The molecule has 27 heavy (non-hydrogen) atoms. The first-order chi connectivity index (χ1) is 12.9. The molecule has 7 nitrogen and oxygen atoms in total. The highest BCUT2D eigenvalue weighted by atomic mass is 35.5. The summed E-state index contributed by atoms with van der Waals surface area (Å²) in [6.07, 6.45) is 0. The lowest BCUT2D eigenvalue weighted by Gasteiger charge is -2.13. The van der Waals surface area contributed by atoms with E-state index in [4.69, 9.17) is 30.5 Å². The molecule has 1 amide bonds. The molecule has 0 bridgehead atoms. The van der Waals surface area contributed by atoms with Gasteiger partial charge < -0.3 is 24.3 Å². The Morgan fingerprint density at radius 3 is 2.11 bits per heavy atom. The van der Waals surface area contributed by atoms with Crippen LogP contribution in [0.2, 0.25) is 5.02 Å². The standard InChI is InChI=1S/C19H20ClNO6/c1-11-16(25-3)7-12(8-17(11)26-4)19(23)27-10-18(22)21-14-9-13(20)5-6-15(14)24-2/h5-9H,10H2,1-4H3,(H,21,22). The Kier molecular flexibility index (Phi) is 6.90. The quantitative estimate of drug-likeness (QED) is 0.725. The number of anilines is 1. The summed E-state index contributed by atoms with van der Waals surface area (Å²) in [7, 11) is 4.45. The van der Waals surface area contributed by atoms with Crippen LogP contribution in [0.5, 0.6) is 17.2 Å². The topological polar surface area (TPSA) is 83.1 Å². The summed E-state index contributed by atoms with van der Waals surface area (Å²) in [5.74, 6) is 0.186. The molecule has 0 unspecified atom stereocenters. The number of halogens is 1. The summed E-state index contributed by atoms with van der Waals surface area (Å²) in [4.78, 5) is 24.4. The second-order valence-electron chi connectivity index (χ2n) is 5.47. The Morgan fingerprint density at radius 1 is 0.963 bits per heavy atom. The molecule has 0 aliphatic carbocycles. The molecule has 0 heterocycles. The van der Waals surface area contributed by atoms with Crippen LogP contribution in [0.3, 0.4) is 0 Å². The van der Waals surface area contributed by atoms with E-state index >= 15 is 0 Å². The third kappa shape index (κ3) is 5.04. The van der Waals surface area contributed by atoms with E-state index in [2.05, 4.69) is 5.32 Å². The maximum Gasteiger partial charge on any atom is 0.338 e. The second kappa shape index (κ2) is 9.14. The van der Waals surface area contributed by atoms with Crippen molar-refractivity contribution in [1.82, 2.24) is 0 Å². The summed E-state index contributed by atoms with van der Waals surface area (Å²) in [6.45, 7) is 1.33. The van der Waals surface area contributed by atoms with Gasteiger partial charge in [0, 0.05) is 10.6 Å². The van der Waals surface area contributed by atoms with Gasteiger partial charge in [0.05, 0.1) is 32.6 Å². The van der Waals surface area contributed by atoms with Crippen molar-refractivity contribution >= 4 is 29.2 Å². The molecule has 0 fully saturated rings. The van der Waals surface area contributed by atoms with E-state index in [1.54, 1.807) is 19.1 Å². The molecule has 144 valence electrons. The molecule has 2 aromatic rings. The van der Waals surface area contributed by atoms with E-state index in [1.165, 1.54) is 39.5 Å². The minimum absolute atomic E-state index is 0.211. The minimum atomic E-state index is -0.681. The van der Waals surface area contributed by atoms with Gasteiger partial charge in [0.15, 0.2) is 6.61 Å². The first-order valence-corrected chi connectivity index (χ1v) is 8.30. The van der Waals surface area contributed by atoms with Crippen molar-refractivity contribution in [2.75, 3.05) is 33.3 Å². The Bertz CT molecular complexity index is 827. The smallest absolute Gasteiger partial charge is 0.338 e. The summed E-state index contributed by atoms with van der Waals surface area (Å²) in [6, 6.07) is 7.84.